The molecular formula is C13H19NO3. The van der Waals surface area contributed by atoms with E-state index < -0.39 is 11.9 Å². The number of carboxylic acid groups (broad SMARTS) is 1. The lowest BCUT2D eigenvalue weighted by Gasteiger charge is -2.20. The molecule has 0 saturated heterocycles. The van der Waals surface area contributed by atoms with Gasteiger partial charge in [0.25, 0.3) is 0 Å². The zero-order chi connectivity index (χ0) is 13.2. The highest BCUT2D eigenvalue weighted by Gasteiger charge is 2.26. The molecule has 1 aromatic rings. The summed E-state index contributed by atoms with van der Waals surface area (Å²) in [6.45, 7) is 5.65. The van der Waals surface area contributed by atoms with Gasteiger partial charge in [-0.05, 0) is 24.0 Å². The summed E-state index contributed by atoms with van der Waals surface area (Å²) in [5.41, 5.74) is 7.46. The minimum absolute atomic E-state index is 0.0218. The van der Waals surface area contributed by atoms with E-state index in [1.165, 1.54) is 0 Å². The number of phenolic OH excluding ortho intramolecular Hbond substituents is 1. The average Bonchev–Trinajstić information content (AvgIpc) is 2.24. The van der Waals surface area contributed by atoms with Gasteiger partial charge in [-0.3, -0.25) is 4.79 Å². The molecule has 1 aromatic carbocycles. The Morgan fingerprint density at radius 1 is 1.41 bits per heavy atom. The van der Waals surface area contributed by atoms with Gasteiger partial charge in [0.05, 0.1) is 5.92 Å². The first-order chi connectivity index (χ1) is 7.90. The van der Waals surface area contributed by atoms with Gasteiger partial charge in [0.15, 0.2) is 0 Å². The van der Waals surface area contributed by atoms with Crippen molar-refractivity contribution in [3.63, 3.8) is 0 Å². The molecule has 1 unspecified atom stereocenters. The van der Waals surface area contributed by atoms with Crippen LogP contribution in [0.15, 0.2) is 12.1 Å². The summed E-state index contributed by atoms with van der Waals surface area (Å²) in [6.07, 6.45) is 0. The van der Waals surface area contributed by atoms with Gasteiger partial charge in [-0.1, -0.05) is 26.0 Å². The first-order valence-electron chi connectivity index (χ1n) is 5.65. The van der Waals surface area contributed by atoms with Crippen LogP contribution in [-0.2, 0) is 4.79 Å². The molecule has 0 saturated carbocycles. The van der Waals surface area contributed by atoms with Crippen molar-refractivity contribution in [1.82, 2.24) is 0 Å². The number of carbonyl (C=O) groups is 1. The molecule has 0 heterocycles. The van der Waals surface area contributed by atoms with Crippen molar-refractivity contribution in [3.8, 4) is 5.75 Å². The third-order valence-electron chi connectivity index (χ3n) is 2.96. The monoisotopic (exact) mass is 237 g/mol. The summed E-state index contributed by atoms with van der Waals surface area (Å²) >= 11 is 0. The van der Waals surface area contributed by atoms with Crippen LogP contribution in [0.3, 0.4) is 0 Å². The minimum atomic E-state index is -1.00. The molecule has 17 heavy (non-hydrogen) atoms. The molecule has 4 heteroatoms. The van der Waals surface area contributed by atoms with E-state index in [9.17, 15) is 9.90 Å². The maximum Gasteiger partial charge on any atom is 0.312 e. The molecule has 0 aliphatic rings. The quantitative estimate of drug-likeness (QED) is 0.747. The highest BCUT2D eigenvalue weighted by molar-refractivity contribution is 5.78. The molecule has 0 aromatic heterocycles. The van der Waals surface area contributed by atoms with Crippen molar-refractivity contribution in [2.45, 2.75) is 32.6 Å². The fraction of sp³-hybridized carbons (Fsp3) is 0.462. The van der Waals surface area contributed by atoms with Gasteiger partial charge in [0.2, 0.25) is 0 Å². The summed E-state index contributed by atoms with van der Waals surface area (Å²) in [5, 5.41) is 19.2. The SMILES string of the molecule is Cc1ccc(C(C)C)c(C(CN)C(=O)O)c1O. The van der Waals surface area contributed by atoms with Gasteiger partial charge in [0.1, 0.15) is 5.75 Å². The first kappa shape index (κ1) is 13.5. The number of phenols is 1. The van der Waals surface area contributed by atoms with E-state index >= 15 is 0 Å². The number of aromatic hydroxyl groups is 1. The molecule has 1 atom stereocenters. The molecule has 4 N–H and O–H groups in total. The number of nitrogens with two attached hydrogens (primary N) is 1. The van der Waals surface area contributed by atoms with Crippen molar-refractivity contribution in [1.29, 1.82) is 0 Å². The normalized spacial score (nSPS) is 12.8. The van der Waals surface area contributed by atoms with Crippen molar-refractivity contribution in [2.24, 2.45) is 5.73 Å². The van der Waals surface area contributed by atoms with Gasteiger partial charge < -0.3 is 15.9 Å². The van der Waals surface area contributed by atoms with Gasteiger partial charge in [-0.15, -0.1) is 0 Å². The van der Waals surface area contributed by atoms with Crippen molar-refractivity contribution >= 4 is 5.97 Å². The maximum atomic E-state index is 11.2. The van der Waals surface area contributed by atoms with Crippen LogP contribution in [-0.4, -0.2) is 22.7 Å². The molecule has 0 bridgehead atoms. The maximum absolute atomic E-state index is 11.2. The molecule has 0 amide bonds. The minimum Gasteiger partial charge on any atom is -0.507 e. The van der Waals surface area contributed by atoms with Gasteiger partial charge >= 0.3 is 5.97 Å². The molecule has 1 rings (SSSR count). The van der Waals surface area contributed by atoms with E-state index in [4.69, 9.17) is 10.8 Å². The number of carboxylic acids is 1. The summed E-state index contributed by atoms with van der Waals surface area (Å²) < 4.78 is 0. The van der Waals surface area contributed by atoms with Crippen LogP contribution < -0.4 is 5.73 Å². The Hall–Kier alpha value is -1.55. The standard InChI is InChI=1S/C13H19NO3/c1-7(2)9-5-4-8(3)12(15)11(9)10(6-14)13(16)17/h4-5,7,10,15H,6,14H2,1-3H3,(H,16,17). The smallest absolute Gasteiger partial charge is 0.312 e. The number of aliphatic carboxylic acids is 1. The Morgan fingerprint density at radius 3 is 2.41 bits per heavy atom. The Morgan fingerprint density at radius 2 is 2.00 bits per heavy atom. The van der Waals surface area contributed by atoms with Crippen LogP contribution in [0.25, 0.3) is 0 Å². The van der Waals surface area contributed by atoms with Crippen LogP contribution in [0, 0.1) is 6.92 Å². The number of hydrogen-bond donors (Lipinski definition) is 3. The van der Waals surface area contributed by atoms with Gasteiger partial charge in [0, 0.05) is 12.1 Å². The Balaban J connectivity index is 3.46. The zero-order valence-corrected chi connectivity index (χ0v) is 10.4. The number of rotatable bonds is 4. The topological polar surface area (TPSA) is 83.6 Å². The summed E-state index contributed by atoms with van der Waals surface area (Å²) in [5.74, 6) is -1.67. The van der Waals surface area contributed by atoms with Crippen LogP contribution in [0.4, 0.5) is 0 Å². The molecule has 94 valence electrons. The average molecular weight is 237 g/mol. The zero-order valence-electron chi connectivity index (χ0n) is 10.4. The van der Waals surface area contributed by atoms with Crippen LogP contribution >= 0.6 is 0 Å². The first-order valence-corrected chi connectivity index (χ1v) is 5.65. The Labute approximate surface area is 101 Å². The number of aryl methyl sites for hydroxylation is 1. The largest absolute Gasteiger partial charge is 0.507 e. The second-order valence-electron chi connectivity index (χ2n) is 4.52. The number of hydrogen-bond acceptors (Lipinski definition) is 3. The second kappa shape index (κ2) is 5.19. The van der Waals surface area contributed by atoms with E-state index in [1.807, 2.05) is 19.9 Å². The van der Waals surface area contributed by atoms with Crippen molar-refractivity contribution in [2.75, 3.05) is 6.54 Å². The molecule has 0 fully saturated rings. The Kier molecular flexibility index (Phi) is 4.12. The lowest BCUT2D eigenvalue weighted by Crippen LogP contribution is -2.23. The van der Waals surface area contributed by atoms with Crippen molar-refractivity contribution < 1.29 is 15.0 Å². The fourth-order valence-electron chi connectivity index (χ4n) is 1.94. The van der Waals surface area contributed by atoms with Crippen LogP contribution in [0.5, 0.6) is 5.75 Å². The third kappa shape index (κ3) is 2.58. The predicted molar refractivity (Wildman–Crippen MR) is 66.4 cm³/mol. The van der Waals surface area contributed by atoms with Crippen molar-refractivity contribution in [3.05, 3.63) is 28.8 Å². The molecule has 0 aliphatic carbocycles. The fourth-order valence-corrected chi connectivity index (χ4v) is 1.94. The van der Waals surface area contributed by atoms with E-state index in [0.29, 0.717) is 11.1 Å². The van der Waals surface area contributed by atoms with Gasteiger partial charge in [-0.2, -0.15) is 0 Å². The molecule has 0 radical (unpaired) electrons. The predicted octanol–water partition coefficient (Wildman–Crippen LogP) is 1.95. The highest BCUT2D eigenvalue weighted by atomic mass is 16.4. The third-order valence-corrected chi connectivity index (χ3v) is 2.96. The van der Waals surface area contributed by atoms with E-state index in [0.717, 1.165) is 5.56 Å². The number of benzene rings is 1. The molecule has 0 spiro atoms. The Bertz CT molecular complexity index is 427. The summed E-state index contributed by atoms with van der Waals surface area (Å²) in [7, 11) is 0. The molecular weight excluding hydrogens is 218 g/mol. The highest BCUT2D eigenvalue weighted by Crippen LogP contribution is 2.35. The van der Waals surface area contributed by atoms with E-state index in [-0.39, 0.29) is 18.2 Å². The van der Waals surface area contributed by atoms with Crippen LogP contribution in [0.1, 0.15) is 42.4 Å². The van der Waals surface area contributed by atoms with E-state index in [1.54, 1.807) is 13.0 Å². The second-order valence-corrected chi connectivity index (χ2v) is 4.52. The lowest BCUT2D eigenvalue weighted by atomic mass is 9.86. The van der Waals surface area contributed by atoms with Crippen LogP contribution in [0.2, 0.25) is 0 Å². The molecule has 0 aliphatic heterocycles. The van der Waals surface area contributed by atoms with E-state index in [2.05, 4.69) is 0 Å². The lowest BCUT2D eigenvalue weighted by molar-refractivity contribution is -0.138. The molecule has 4 nitrogen and oxygen atoms in total. The summed E-state index contributed by atoms with van der Waals surface area (Å²) in [6, 6.07) is 3.66. The van der Waals surface area contributed by atoms with Gasteiger partial charge in [-0.25, -0.2) is 0 Å². The summed E-state index contributed by atoms with van der Waals surface area (Å²) in [4.78, 5) is 11.2.